The maximum Gasteiger partial charge on any atom is 0.422 e. The Hall–Kier alpha value is -1.39. The summed E-state index contributed by atoms with van der Waals surface area (Å²) in [5.41, 5.74) is 0. The molecule has 0 saturated heterocycles. The molecule has 0 aliphatic heterocycles. The van der Waals surface area contributed by atoms with Crippen molar-refractivity contribution in [2.45, 2.75) is 19.5 Å². The highest BCUT2D eigenvalue weighted by molar-refractivity contribution is 5.32. The first-order valence-corrected chi connectivity index (χ1v) is 4.85. The van der Waals surface area contributed by atoms with Crippen molar-refractivity contribution < 1.29 is 22.6 Å². The molecule has 1 aromatic rings. The summed E-state index contributed by atoms with van der Waals surface area (Å²) >= 11 is 0. The third kappa shape index (κ3) is 4.91. The fraction of sp³-hybridized carbons (Fsp3) is 0.455. The predicted octanol–water partition coefficient (Wildman–Crippen LogP) is 3.22. The molecule has 1 radical (unpaired) electrons. The lowest BCUT2D eigenvalue weighted by atomic mass is 10.3. The number of hydrogen-bond donors (Lipinski definition) is 0. The van der Waals surface area contributed by atoms with E-state index in [0.29, 0.717) is 12.4 Å². The highest BCUT2D eigenvalue weighted by Gasteiger charge is 2.28. The Labute approximate surface area is 92.0 Å². The van der Waals surface area contributed by atoms with Gasteiger partial charge in [-0.2, -0.15) is 13.2 Å². The van der Waals surface area contributed by atoms with E-state index in [9.17, 15) is 13.2 Å². The van der Waals surface area contributed by atoms with E-state index in [1.165, 1.54) is 12.1 Å². The molecule has 1 aromatic carbocycles. The van der Waals surface area contributed by atoms with E-state index in [1.807, 2.05) is 6.92 Å². The summed E-state index contributed by atoms with van der Waals surface area (Å²) in [7, 11) is 0. The molecule has 0 N–H and O–H groups in total. The number of halogens is 3. The lowest BCUT2D eigenvalue weighted by molar-refractivity contribution is -0.153. The molecule has 0 aliphatic carbocycles. The van der Waals surface area contributed by atoms with Crippen molar-refractivity contribution in [3.05, 3.63) is 24.3 Å². The summed E-state index contributed by atoms with van der Waals surface area (Å²) < 4.78 is 45.4. The summed E-state index contributed by atoms with van der Waals surface area (Å²) in [5, 5.41) is 0. The molecule has 5 heteroatoms. The Kier molecular flexibility index (Phi) is 4.46. The van der Waals surface area contributed by atoms with Crippen molar-refractivity contribution in [1.82, 2.24) is 0 Å². The minimum absolute atomic E-state index is 0.103. The van der Waals surface area contributed by atoms with E-state index in [-0.39, 0.29) is 5.75 Å². The van der Waals surface area contributed by atoms with E-state index >= 15 is 0 Å². The van der Waals surface area contributed by atoms with Gasteiger partial charge in [-0.3, -0.25) is 0 Å². The Morgan fingerprint density at radius 1 is 1.19 bits per heavy atom. The van der Waals surface area contributed by atoms with E-state index in [0.717, 1.165) is 6.42 Å². The smallest absolute Gasteiger partial charge is 0.422 e. The molecule has 1 rings (SSSR count). The van der Waals surface area contributed by atoms with E-state index < -0.39 is 12.8 Å². The van der Waals surface area contributed by atoms with Crippen LogP contribution in [0.25, 0.3) is 0 Å². The number of hydrogen-bond acceptors (Lipinski definition) is 2. The molecule has 0 aliphatic rings. The second kappa shape index (κ2) is 5.63. The average Bonchev–Trinajstić information content (AvgIpc) is 2.23. The zero-order chi connectivity index (χ0) is 12.0. The molecular formula is C11H12F3O2. The largest absolute Gasteiger partial charge is 0.493 e. The van der Waals surface area contributed by atoms with Crippen LogP contribution in [0.1, 0.15) is 13.3 Å². The second-order valence-corrected chi connectivity index (χ2v) is 3.16. The molecule has 0 bridgehead atoms. The highest BCUT2D eigenvalue weighted by Crippen LogP contribution is 2.22. The third-order valence-electron chi connectivity index (χ3n) is 1.61. The molecule has 0 heterocycles. The fourth-order valence-corrected chi connectivity index (χ4v) is 0.981. The van der Waals surface area contributed by atoms with Gasteiger partial charge >= 0.3 is 6.18 Å². The summed E-state index contributed by atoms with van der Waals surface area (Å²) in [6, 6.07) is 6.96. The van der Waals surface area contributed by atoms with Crippen molar-refractivity contribution in [3.8, 4) is 11.5 Å². The molecule has 0 atom stereocenters. The van der Waals surface area contributed by atoms with Gasteiger partial charge in [0.1, 0.15) is 11.5 Å². The maximum atomic E-state index is 11.9. The van der Waals surface area contributed by atoms with Crippen LogP contribution in [0.4, 0.5) is 13.2 Å². The first-order valence-electron chi connectivity index (χ1n) is 4.85. The van der Waals surface area contributed by atoms with Crippen LogP contribution in [0.3, 0.4) is 0 Å². The normalized spacial score (nSPS) is 11.2. The number of alkyl halides is 3. The summed E-state index contributed by atoms with van der Waals surface area (Å²) in [6.45, 7) is 1.14. The Morgan fingerprint density at radius 2 is 1.81 bits per heavy atom. The van der Waals surface area contributed by atoms with Gasteiger partial charge in [-0.15, -0.1) is 0 Å². The van der Waals surface area contributed by atoms with Crippen LogP contribution in [0.2, 0.25) is 0 Å². The number of benzene rings is 1. The molecule has 0 aromatic heterocycles. The quantitative estimate of drug-likeness (QED) is 0.777. The Bertz CT molecular complexity index is 323. The number of rotatable bonds is 5. The minimum atomic E-state index is -4.33. The van der Waals surface area contributed by atoms with Gasteiger partial charge in [0.05, 0.1) is 6.61 Å². The van der Waals surface area contributed by atoms with Gasteiger partial charge in [0.15, 0.2) is 6.61 Å². The zero-order valence-corrected chi connectivity index (χ0v) is 8.80. The van der Waals surface area contributed by atoms with Gasteiger partial charge in [0, 0.05) is 6.07 Å². The first-order chi connectivity index (χ1) is 7.51. The maximum absolute atomic E-state index is 11.9. The average molecular weight is 233 g/mol. The predicted molar refractivity (Wildman–Crippen MR) is 52.6 cm³/mol. The summed E-state index contributed by atoms with van der Waals surface area (Å²) in [4.78, 5) is 0. The Balaban J connectivity index is 2.53. The van der Waals surface area contributed by atoms with E-state index in [4.69, 9.17) is 4.74 Å². The fourth-order valence-electron chi connectivity index (χ4n) is 0.981. The van der Waals surface area contributed by atoms with Gasteiger partial charge in [-0.1, -0.05) is 6.92 Å². The Morgan fingerprint density at radius 3 is 2.38 bits per heavy atom. The highest BCUT2D eigenvalue weighted by atomic mass is 19.4. The monoisotopic (exact) mass is 233 g/mol. The minimum Gasteiger partial charge on any atom is -0.493 e. The van der Waals surface area contributed by atoms with Crippen molar-refractivity contribution in [2.24, 2.45) is 0 Å². The van der Waals surface area contributed by atoms with Crippen LogP contribution >= 0.6 is 0 Å². The second-order valence-electron chi connectivity index (χ2n) is 3.16. The van der Waals surface area contributed by atoms with E-state index in [1.54, 1.807) is 6.07 Å². The topological polar surface area (TPSA) is 18.5 Å². The van der Waals surface area contributed by atoms with Gasteiger partial charge in [0.2, 0.25) is 0 Å². The molecule has 89 valence electrons. The van der Waals surface area contributed by atoms with Gasteiger partial charge < -0.3 is 9.47 Å². The van der Waals surface area contributed by atoms with Crippen LogP contribution in [-0.2, 0) is 0 Å². The molecule has 16 heavy (non-hydrogen) atoms. The van der Waals surface area contributed by atoms with Crippen LogP contribution < -0.4 is 9.47 Å². The van der Waals surface area contributed by atoms with Crippen LogP contribution in [0.15, 0.2) is 18.2 Å². The third-order valence-corrected chi connectivity index (χ3v) is 1.61. The van der Waals surface area contributed by atoms with Crippen molar-refractivity contribution in [3.63, 3.8) is 0 Å². The van der Waals surface area contributed by atoms with Crippen molar-refractivity contribution in [2.75, 3.05) is 13.2 Å². The van der Waals surface area contributed by atoms with Crippen LogP contribution in [0.5, 0.6) is 11.5 Å². The number of ether oxygens (including phenoxy) is 2. The van der Waals surface area contributed by atoms with E-state index in [2.05, 4.69) is 10.8 Å². The molecule has 0 amide bonds. The SMILES string of the molecule is CCCOc1c[c]cc(OCC(F)(F)F)c1. The molecule has 0 spiro atoms. The molecule has 0 saturated carbocycles. The summed E-state index contributed by atoms with van der Waals surface area (Å²) in [5.74, 6) is 0.562. The molecular weight excluding hydrogens is 221 g/mol. The van der Waals surface area contributed by atoms with Crippen molar-refractivity contribution >= 4 is 0 Å². The molecule has 0 unspecified atom stereocenters. The standard InChI is InChI=1S/C11H12F3O2/c1-2-6-15-9-4-3-5-10(7-9)16-8-11(12,13)14/h4-5,7H,2,6,8H2,1H3. The van der Waals surface area contributed by atoms with Crippen molar-refractivity contribution in [1.29, 1.82) is 0 Å². The van der Waals surface area contributed by atoms with Gasteiger partial charge in [-0.05, 0) is 24.6 Å². The first kappa shape index (κ1) is 12.7. The van der Waals surface area contributed by atoms with Crippen LogP contribution in [0, 0.1) is 6.07 Å². The lowest BCUT2D eigenvalue weighted by Crippen LogP contribution is -2.19. The van der Waals surface area contributed by atoms with Gasteiger partial charge in [-0.25, -0.2) is 0 Å². The lowest BCUT2D eigenvalue weighted by Gasteiger charge is -2.10. The summed E-state index contributed by atoms with van der Waals surface area (Å²) in [6.07, 6.45) is -3.51. The van der Waals surface area contributed by atoms with Gasteiger partial charge in [0.25, 0.3) is 0 Å². The van der Waals surface area contributed by atoms with Crippen LogP contribution in [-0.4, -0.2) is 19.4 Å². The molecule has 0 fully saturated rings. The molecule has 2 nitrogen and oxygen atoms in total. The zero-order valence-electron chi connectivity index (χ0n) is 8.80.